The van der Waals surface area contributed by atoms with Crippen LogP contribution in [-0.2, 0) is 11.2 Å². The molecule has 1 unspecified atom stereocenters. The fraction of sp³-hybridized carbons (Fsp3) is 0.182. The predicted molar refractivity (Wildman–Crippen MR) is 63.4 cm³/mol. The van der Waals surface area contributed by atoms with E-state index in [4.69, 9.17) is 10.8 Å². The Balaban J connectivity index is 0.00000128. The van der Waals surface area contributed by atoms with Gasteiger partial charge in [-0.25, -0.2) is 0 Å². The maximum absolute atomic E-state index is 10.6. The Morgan fingerprint density at radius 1 is 1.44 bits per heavy atom. The normalized spacial score (nSPS) is 12.1. The quantitative estimate of drug-likeness (QED) is 0.678. The molecular formula is C11H12MgN2O2+2. The molecule has 0 bridgehead atoms. The van der Waals surface area contributed by atoms with E-state index >= 15 is 0 Å². The van der Waals surface area contributed by atoms with Gasteiger partial charge in [0, 0.05) is 23.5 Å². The number of fused-ring (bicyclic) bond motifs is 1. The number of aromatic amines is 1. The zero-order valence-electron chi connectivity index (χ0n) is 8.81. The molecule has 4 nitrogen and oxygen atoms in total. The molecule has 0 aliphatic rings. The molecule has 0 radical (unpaired) electrons. The average Bonchev–Trinajstić information content (AvgIpc) is 2.62. The third-order valence-electron chi connectivity index (χ3n) is 2.43. The fourth-order valence-electron chi connectivity index (χ4n) is 1.62. The molecule has 1 heterocycles. The minimum atomic E-state index is -0.972. The molecule has 1 aromatic carbocycles. The Hall–Kier alpha value is -1.04. The van der Waals surface area contributed by atoms with Gasteiger partial charge in [0.2, 0.25) is 0 Å². The Kier molecular flexibility index (Phi) is 4.34. The van der Waals surface area contributed by atoms with Crippen LogP contribution in [-0.4, -0.2) is 45.2 Å². The van der Waals surface area contributed by atoms with Crippen LogP contribution in [0.5, 0.6) is 0 Å². The van der Waals surface area contributed by atoms with Crippen LogP contribution in [0.25, 0.3) is 10.9 Å². The molecule has 1 aromatic heterocycles. The first kappa shape index (κ1) is 13.0. The maximum Gasteiger partial charge on any atom is 2.00 e. The van der Waals surface area contributed by atoms with Crippen LogP contribution in [0.4, 0.5) is 0 Å². The second-order valence-electron chi connectivity index (χ2n) is 3.51. The molecule has 1 atom stereocenters. The summed E-state index contributed by atoms with van der Waals surface area (Å²) >= 11 is 0. The number of rotatable bonds is 3. The largest absolute Gasteiger partial charge is 2.00 e. The van der Waals surface area contributed by atoms with Crippen molar-refractivity contribution >= 4 is 39.9 Å². The van der Waals surface area contributed by atoms with Gasteiger partial charge in [-0.3, -0.25) is 4.79 Å². The van der Waals surface area contributed by atoms with Gasteiger partial charge in [0.25, 0.3) is 0 Å². The van der Waals surface area contributed by atoms with Gasteiger partial charge in [0.05, 0.1) is 0 Å². The standard InChI is InChI=1S/C11H12N2O2.Mg/c12-9(11(14)15)5-7-6-13-10-4-2-1-3-8(7)10;/h1-4,6,9,13H,5,12H2,(H,14,15);/q;+2. The zero-order valence-corrected chi connectivity index (χ0v) is 10.2. The number of benzene rings is 1. The van der Waals surface area contributed by atoms with E-state index in [1.54, 1.807) is 0 Å². The van der Waals surface area contributed by atoms with E-state index in [1.165, 1.54) is 0 Å². The smallest absolute Gasteiger partial charge is 0.480 e. The van der Waals surface area contributed by atoms with Crippen LogP contribution < -0.4 is 5.73 Å². The van der Waals surface area contributed by atoms with E-state index in [0.29, 0.717) is 6.42 Å². The second-order valence-corrected chi connectivity index (χ2v) is 3.51. The number of nitrogens with one attached hydrogen (secondary N) is 1. The Morgan fingerprint density at radius 2 is 2.12 bits per heavy atom. The molecule has 16 heavy (non-hydrogen) atoms. The van der Waals surface area contributed by atoms with Crippen LogP contribution in [0.15, 0.2) is 30.5 Å². The molecule has 0 aliphatic carbocycles. The Bertz CT molecular complexity index is 495. The van der Waals surface area contributed by atoms with Gasteiger partial charge in [-0.2, -0.15) is 0 Å². The predicted octanol–water partition coefficient (Wildman–Crippen LogP) is 0.742. The van der Waals surface area contributed by atoms with E-state index in [-0.39, 0.29) is 23.1 Å². The molecule has 0 saturated carbocycles. The van der Waals surface area contributed by atoms with Gasteiger partial charge in [-0.15, -0.1) is 0 Å². The van der Waals surface area contributed by atoms with Gasteiger partial charge in [0.15, 0.2) is 0 Å². The van der Waals surface area contributed by atoms with Crippen molar-refractivity contribution in [3.63, 3.8) is 0 Å². The van der Waals surface area contributed by atoms with Crippen LogP contribution in [0.3, 0.4) is 0 Å². The second kappa shape index (κ2) is 5.33. The van der Waals surface area contributed by atoms with Crippen LogP contribution in [0.2, 0.25) is 0 Å². The minimum Gasteiger partial charge on any atom is -0.480 e. The van der Waals surface area contributed by atoms with Crippen molar-refractivity contribution in [1.82, 2.24) is 4.98 Å². The number of aromatic nitrogens is 1. The summed E-state index contributed by atoms with van der Waals surface area (Å²) in [6.07, 6.45) is 2.16. The van der Waals surface area contributed by atoms with E-state index in [0.717, 1.165) is 16.5 Å². The minimum absolute atomic E-state index is 0. The van der Waals surface area contributed by atoms with Crippen molar-refractivity contribution in [3.05, 3.63) is 36.0 Å². The number of hydrogen-bond donors (Lipinski definition) is 3. The third-order valence-corrected chi connectivity index (χ3v) is 2.43. The Labute approximate surface area is 109 Å². The fourth-order valence-corrected chi connectivity index (χ4v) is 1.62. The van der Waals surface area contributed by atoms with Crippen LogP contribution >= 0.6 is 0 Å². The number of nitrogens with two attached hydrogens (primary N) is 1. The molecule has 78 valence electrons. The van der Waals surface area contributed by atoms with Gasteiger partial charge < -0.3 is 15.8 Å². The first-order valence-corrected chi connectivity index (χ1v) is 4.72. The van der Waals surface area contributed by atoms with Crippen molar-refractivity contribution in [3.8, 4) is 0 Å². The molecule has 2 aromatic rings. The van der Waals surface area contributed by atoms with Gasteiger partial charge >= 0.3 is 29.0 Å². The maximum atomic E-state index is 10.6. The number of aliphatic carboxylic acids is 1. The topological polar surface area (TPSA) is 79.1 Å². The summed E-state index contributed by atoms with van der Waals surface area (Å²) in [6.45, 7) is 0. The van der Waals surface area contributed by atoms with Crippen LogP contribution in [0.1, 0.15) is 5.56 Å². The van der Waals surface area contributed by atoms with E-state index in [9.17, 15) is 4.79 Å². The van der Waals surface area contributed by atoms with Crippen molar-refractivity contribution in [2.45, 2.75) is 12.5 Å². The summed E-state index contributed by atoms with van der Waals surface area (Å²) in [7, 11) is 0. The summed E-state index contributed by atoms with van der Waals surface area (Å²) in [5, 5.41) is 9.75. The summed E-state index contributed by atoms with van der Waals surface area (Å²) in [5.41, 5.74) is 7.43. The van der Waals surface area contributed by atoms with E-state index in [1.807, 2.05) is 30.5 Å². The first-order chi connectivity index (χ1) is 7.18. The molecule has 0 fully saturated rings. The van der Waals surface area contributed by atoms with Crippen molar-refractivity contribution in [2.24, 2.45) is 5.73 Å². The SMILES string of the molecule is NC(Cc1c[nH]c2ccccc12)C(=O)O.[Mg+2]. The molecular weight excluding hydrogens is 216 g/mol. The number of carboxylic acid groups (broad SMARTS) is 1. The molecule has 5 heteroatoms. The van der Waals surface area contributed by atoms with E-state index in [2.05, 4.69) is 4.98 Å². The number of para-hydroxylation sites is 1. The van der Waals surface area contributed by atoms with Crippen molar-refractivity contribution < 1.29 is 9.90 Å². The van der Waals surface area contributed by atoms with Crippen LogP contribution in [0, 0.1) is 0 Å². The molecule has 4 N–H and O–H groups in total. The summed E-state index contributed by atoms with van der Waals surface area (Å²) in [5.74, 6) is -0.972. The van der Waals surface area contributed by atoms with E-state index < -0.39 is 12.0 Å². The number of hydrogen-bond acceptors (Lipinski definition) is 2. The summed E-state index contributed by atoms with van der Waals surface area (Å²) < 4.78 is 0. The number of carbonyl (C=O) groups is 1. The van der Waals surface area contributed by atoms with Crippen molar-refractivity contribution in [1.29, 1.82) is 0 Å². The Morgan fingerprint density at radius 3 is 2.81 bits per heavy atom. The summed E-state index contributed by atoms with van der Waals surface area (Å²) in [4.78, 5) is 13.7. The van der Waals surface area contributed by atoms with Gasteiger partial charge in [-0.1, -0.05) is 18.2 Å². The summed E-state index contributed by atoms with van der Waals surface area (Å²) in [6, 6.07) is 6.91. The molecule has 0 aliphatic heterocycles. The average molecular weight is 229 g/mol. The number of H-pyrrole nitrogens is 1. The molecule has 0 amide bonds. The first-order valence-electron chi connectivity index (χ1n) is 4.72. The number of carboxylic acids is 1. The zero-order chi connectivity index (χ0) is 10.8. The molecule has 0 saturated heterocycles. The van der Waals surface area contributed by atoms with Crippen molar-refractivity contribution in [2.75, 3.05) is 0 Å². The molecule has 2 rings (SSSR count). The van der Waals surface area contributed by atoms with Gasteiger partial charge in [-0.05, 0) is 11.6 Å². The van der Waals surface area contributed by atoms with Gasteiger partial charge in [0.1, 0.15) is 6.04 Å². The third kappa shape index (κ3) is 2.55. The monoisotopic (exact) mass is 228 g/mol. The molecule has 0 spiro atoms.